The average Bonchev–Trinajstić information content (AvgIpc) is 3.01. The second-order valence-corrected chi connectivity index (χ2v) is 13.9. The van der Waals surface area contributed by atoms with Crippen molar-refractivity contribution in [1.29, 1.82) is 0 Å². The molecular weight excluding hydrogens is 589 g/mol. The molecule has 0 amide bonds. The first kappa shape index (κ1) is 31.5. The van der Waals surface area contributed by atoms with Crippen molar-refractivity contribution >= 4 is 60.1 Å². The van der Waals surface area contributed by atoms with Crippen LogP contribution in [0, 0.1) is 0 Å². The minimum Gasteiger partial charge on any atom is -0.147 e. The van der Waals surface area contributed by atoms with Gasteiger partial charge in [-0.3, -0.25) is 0 Å². The molecule has 0 fully saturated rings. The Balaban J connectivity index is 0.000000210. The van der Waals surface area contributed by atoms with Gasteiger partial charge < -0.3 is 0 Å². The summed E-state index contributed by atoms with van der Waals surface area (Å²) in [5.41, 5.74) is 0. The van der Waals surface area contributed by atoms with Crippen molar-refractivity contribution < 1.29 is 16.8 Å². The van der Waals surface area contributed by atoms with Crippen LogP contribution in [0.5, 0.6) is 0 Å². The van der Waals surface area contributed by atoms with E-state index in [1.165, 1.54) is 31.8 Å². The Hall–Kier alpha value is -3.02. The van der Waals surface area contributed by atoms with Gasteiger partial charge in [-0.2, -0.15) is 0 Å². The van der Waals surface area contributed by atoms with Gasteiger partial charge in [0, 0.05) is 16.8 Å². The zero-order valence-electron chi connectivity index (χ0n) is 22.1. The summed E-state index contributed by atoms with van der Waals surface area (Å²) < 4.78 is 0. The fourth-order valence-electron chi connectivity index (χ4n) is 4.63. The van der Waals surface area contributed by atoms with Gasteiger partial charge in [0.2, 0.25) is 0 Å². The van der Waals surface area contributed by atoms with Crippen LogP contribution >= 0.6 is 28.3 Å². The summed E-state index contributed by atoms with van der Waals surface area (Å²) in [4.78, 5) is 0. The monoisotopic (exact) mass is 621 g/mol. The van der Waals surface area contributed by atoms with Crippen molar-refractivity contribution in [2.45, 2.75) is 0 Å². The molecule has 0 saturated carbocycles. The fraction of sp³-hybridized carbons (Fsp3) is 0. The van der Waals surface area contributed by atoms with E-state index in [9.17, 15) is 0 Å². The van der Waals surface area contributed by atoms with Crippen LogP contribution in [0.4, 0.5) is 0 Å². The number of hydrogen-bond acceptors (Lipinski definition) is 0. The smallest absolute Gasteiger partial charge is 0.102 e. The molecule has 4 heteroatoms. The van der Waals surface area contributed by atoms with Crippen molar-refractivity contribution in [3.63, 3.8) is 0 Å². The molecule has 0 aliphatic carbocycles. The SMILES string of the molecule is Cl.[Co].c1ccc([PH+](c2ccccc2)c2ccccc2)cc1.c1ccc([PH+](c2ccccc2)c2ccccc2)cc1. The van der Waals surface area contributed by atoms with Crippen molar-refractivity contribution in [3.05, 3.63) is 182 Å². The number of hydrogen-bond donors (Lipinski definition) is 0. The number of halogens is 1. The van der Waals surface area contributed by atoms with E-state index in [1.54, 1.807) is 0 Å². The third kappa shape index (κ3) is 8.49. The standard InChI is InChI=1S/2C18H15P.ClH.Co/c2*1-4-10-16(11-5-1)19(17-12-6-2-7-13-17)18-14-8-3-9-15-18;;/h2*1-15H;1H;/p+2. The van der Waals surface area contributed by atoms with Gasteiger partial charge in [0.05, 0.1) is 15.8 Å². The van der Waals surface area contributed by atoms with Gasteiger partial charge in [-0.05, 0) is 72.8 Å². The van der Waals surface area contributed by atoms with E-state index in [4.69, 9.17) is 0 Å². The first-order chi connectivity index (χ1) is 18.9. The van der Waals surface area contributed by atoms with Crippen molar-refractivity contribution in [1.82, 2.24) is 0 Å². The zero-order valence-corrected chi connectivity index (χ0v) is 25.9. The third-order valence-electron chi connectivity index (χ3n) is 6.37. The maximum Gasteiger partial charge on any atom is 0.102 e. The number of benzene rings is 6. The van der Waals surface area contributed by atoms with Crippen molar-refractivity contribution in [2.75, 3.05) is 0 Å². The minimum absolute atomic E-state index is 0. The van der Waals surface area contributed by atoms with Crippen LogP contribution in [-0.2, 0) is 16.8 Å². The van der Waals surface area contributed by atoms with Gasteiger partial charge in [-0.25, -0.2) is 0 Å². The predicted octanol–water partition coefficient (Wildman–Crippen LogP) is 6.77. The van der Waals surface area contributed by atoms with Gasteiger partial charge in [0.15, 0.2) is 0 Å². The molecule has 0 aromatic heterocycles. The maximum absolute atomic E-state index is 2.24. The maximum atomic E-state index is 2.24. The summed E-state index contributed by atoms with van der Waals surface area (Å²) in [5, 5.41) is 8.61. The molecule has 0 atom stereocenters. The predicted molar refractivity (Wildman–Crippen MR) is 180 cm³/mol. The molecule has 1 radical (unpaired) electrons. The molecule has 0 N–H and O–H groups in total. The average molecular weight is 622 g/mol. The molecule has 0 aliphatic rings. The largest absolute Gasteiger partial charge is 0.147 e. The molecule has 0 nitrogen and oxygen atoms in total. The van der Waals surface area contributed by atoms with Crippen LogP contribution in [0.15, 0.2) is 182 Å². The third-order valence-corrected chi connectivity index (χ3v) is 11.8. The minimum atomic E-state index is -0.877. The van der Waals surface area contributed by atoms with Gasteiger partial charge >= 0.3 is 0 Å². The molecule has 0 saturated heterocycles. The molecule has 0 unspecified atom stereocenters. The molecule has 0 spiro atoms. The van der Waals surface area contributed by atoms with Gasteiger partial charge in [0.25, 0.3) is 0 Å². The summed E-state index contributed by atoms with van der Waals surface area (Å²) in [6.07, 6.45) is 0. The Morgan fingerprint density at radius 1 is 0.225 bits per heavy atom. The van der Waals surface area contributed by atoms with E-state index in [-0.39, 0.29) is 29.2 Å². The second kappa shape index (κ2) is 16.9. The molecule has 6 aromatic rings. The molecule has 40 heavy (non-hydrogen) atoms. The van der Waals surface area contributed by atoms with E-state index in [0.717, 1.165) is 0 Å². The molecule has 0 heterocycles. The Labute approximate surface area is 257 Å². The Morgan fingerprint density at radius 3 is 0.475 bits per heavy atom. The zero-order chi connectivity index (χ0) is 25.8. The summed E-state index contributed by atoms with van der Waals surface area (Å²) in [6.45, 7) is 0. The Morgan fingerprint density at radius 2 is 0.350 bits per heavy atom. The topological polar surface area (TPSA) is 0 Å². The summed E-state index contributed by atoms with van der Waals surface area (Å²) in [7, 11) is -1.75. The Bertz CT molecular complexity index is 1180. The van der Waals surface area contributed by atoms with Crippen LogP contribution < -0.4 is 31.8 Å². The molecule has 0 bridgehead atoms. The van der Waals surface area contributed by atoms with E-state index in [1.807, 2.05) is 0 Å². The molecule has 0 aliphatic heterocycles. The first-order valence-electron chi connectivity index (χ1n) is 13.0. The van der Waals surface area contributed by atoms with Crippen LogP contribution in [-0.4, -0.2) is 0 Å². The van der Waals surface area contributed by atoms with Gasteiger partial charge in [-0.1, -0.05) is 109 Å². The first-order valence-corrected chi connectivity index (χ1v) is 16.0. The quantitative estimate of drug-likeness (QED) is 0.180. The van der Waals surface area contributed by atoms with Crippen molar-refractivity contribution in [2.24, 2.45) is 0 Å². The molecule has 6 aromatic carbocycles. The number of rotatable bonds is 6. The van der Waals surface area contributed by atoms with Gasteiger partial charge in [0.1, 0.15) is 31.8 Å². The van der Waals surface area contributed by atoms with E-state index in [2.05, 4.69) is 182 Å². The fourth-order valence-corrected chi connectivity index (χ4v) is 9.78. The Kier molecular flexibility index (Phi) is 13.3. The van der Waals surface area contributed by atoms with E-state index >= 15 is 0 Å². The summed E-state index contributed by atoms with van der Waals surface area (Å²) >= 11 is 0. The summed E-state index contributed by atoms with van der Waals surface area (Å²) in [6, 6.07) is 65.0. The molecular formula is C36H33ClCoP2+2. The molecule has 201 valence electrons. The van der Waals surface area contributed by atoms with Crippen LogP contribution in [0.2, 0.25) is 0 Å². The van der Waals surface area contributed by atoms with Crippen LogP contribution in [0.3, 0.4) is 0 Å². The van der Waals surface area contributed by atoms with Crippen LogP contribution in [0.1, 0.15) is 0 Å². The van der Waals surface area contributed by atoms with Crippen molar-refractivity contribution in [3.8, 4) is 0 Å². The summed E-state index contributed by atoms with van der Waals surface area (Å²) in [5.74, 6) is 0. The van der Waals surface area contributed by atoms with Crippen LogP contribution in [0.25, 0.3) is 0 Å². The second-order valence-electron chi connectivity index (χ2n) is 8.95. The normalized spacial score (nSPS) is 10.1. The van der Waals surface area contributed by atoms with E-state index < -0.39 is 15.8 Å². The van der Waals surface area contributed by atoms with E-state index in [0.29, 0.717) is 0 Å². The molecule has 6 rings (SSSR count). The van der Waals surface area contributed by atoms with Gasteiger partial charge in [-0.15, -0.1) is 12.4 Å².